The van der Waals surface area contributed by atoms with Gasteiger partial charge in [-0.3, -0.25) is 0 Å². The molecule has 0 fully saturated rings. The van der Waals surface area contributed by atoms with E-state index < -0.39 is 0 Å². The standard InChI is InChI=1S/C17H15BrN2O/c1-12-10-14(11-19-17-4-3-9-21-17)13(2)20(12)16-7-5-15(18)6-8-16/h3-11H,1-2H3. The fraction of sp³-hybridized carbons (Fsp3) is 0.118. The molecule has 0 radical (unpaired) electrons. The van der Waals surface area contributed by atoms with E-state index in [1.54, 1.807) is 6.26 Å². The van der Waals surface area contributed by atoms with Crippen molar-refractivity contribution in [1.29, 1.82) is 0 Å². The smallest absolute Gasteiger partial charge is 0.218 e. The highest BCUT2D eigenvalue weighted by Gasteiger charge is 2.09. The first kappa shape index (κ1) is 13.9. The average molecular weight is 343 g/mol. The molecular formula is C17H15BrN2O. The lowest BCUT2D eigenvalue weighted by atomic mass is 10.2. The molecule has 106 valence electrons. The van der Waals surface area contributed by atoms with Crippen molar-refractivity contribution in [3.63, 3.8) is 0 Å². The molecule has 2 aromatic heterocycles. The summed E-state index contributed by atoms with van der Waals surface area (Å²) >= 11 is 3.47. The lowest BCUT2D eigenvalue weighted by Crippen LogP contribution is -1.99. The maximum absolute atomic E-state index is 5.22. The van der Waals surface area contributed by atoms with Gasteiger partial charge in [0.25, 0.3) is 0 Å². The molecule has 0 saturated carbocycles. The lowest BCUT2D eigenvalue weighted by molar-refractivity contribution is 0.578. The van der Waals surface area contributed by atoms with Gasteiger partial charge in [-0.25, -0.2) is 4.99 Å². The number of rotatable bonds is 3. The minimum absolute atomic E-state index is 0.614. The zero-order valence-electron chi connectivity index (χ0n) is 11.9. The van der Waals surface area contributed by atoms with Crippen LogP contribution in [0.5, 0.6) is 0 Å². The molecule has 3 nitrogen and oxygen atoms in total. The molecule has 0 unspecified atom stereocenters. The number of benzene rings is 1. The van der Waals surface area contributed by atoms with Gasteiger partial charge in [-0.05, 0) is 50.2 Å². The molecule has 2 heterocycles. The van der Waals surface area contributed by atoms with E-state index in [1.165, 1.54) is 5.69 Å². The Labute approximate surface area is 132 Å². The second-order valence-electron chi connectivity index (χ2n) is 4.85. The fourth-order valence-corrected chi connectivity index (χ4v) is 2.65. The van der Waals surface area contributed by atoms with Gasteiger partial charge in [0, 0.05) is 39.4 Å². The van der Waals surface area contributed by atoms with Gasteiger partial charge in [0.15, 0.2) is 0 Å². The van der Waals surface area contributed by atoms with Crippen LogP contribution in [0.15, 0.2) is 62.6 Å². The Morgan fingerprint density at radius 2 is 1.90 bits per heavy atom. The van der Waals surface area contributed by atoms with E-state index in [0.29, 0.717) is 5.88 Å². The first-order valence-electron chi connectivity index (χ1n) is 6.67. The van der Waals surface area contributed by atoms with E-state index in [9.17, 15) is 0 Å². The summed E-state index contributed by atoms with van der Waals surface area (Å²) in [6, 6.07) is 14.1. The van der Waals surface area contributed by atoms with Crippen LogP contribution in [0.4, 0.5) is 5.88 Å². The van der Waals surface area contributed by atoms with Crippen LogP contribution >= 0.6 is 15.9 Å². The van der Waals surface area contributed by atoms with Gasteiger partial charge in [-0.2, -0.15) is 0 Å². The summed E-state index contributed by atoms with van der Waals surface area (Å²) in [6.45, 7) is 4.19. The molecular weight excluding hydrogens is 328 g/mol. The Bertz CT molecular complexity index is 768. The zero-order valence-corrected chi connectivity index (χ0v) is 13.5. The molecule has 0 spiro atoms. The summed E-state index contributed by atoms with van der Waals surface area (Å²) in [5.41, 5.74) is 4.57. The van der Waals surface area contributed by atoms with Crippen molar-refractivity contribution < 1.29 is 4.42 Å². The summed E-state index contributed by atoms with van der Waals surface area (Å²) in [4.78, 5) is 4.35. The molecule has 0 amide bonds. The Morgan fingerprint density at radius 3 is 2.57 bits per heavy atom. The van der Waals surface area contributed by atoms with Crippen molar-refractivity contribution in [3.05, 3.63) is 70.2 Å². The van der Waals surface area contributed by atoms with Crippen molar-refractivity contribution in [2.75, 3.05) is 0 Å². The highest BCUT2D eigenvalue weighted by molar-refractivity contribution is 9.10. The largest absolute Gasteiger partial charge is 0.447 e. The van der Waals surface area contributed by atoms with Crippen molar-refractivity contribution in [2.24, 2.45) is 4.99 Å². The number of aryl methyl sites for hydroxylation is 1. The van der Waals surface area contributed by atoms with E-state index in [0.717, 1.165) is 21.4 Å². The third-order valence-electron chi connectivity index (χ3n) is 3.39. The van der Waals surface area contributed by atoms with Crippen LogP contribution in [0.3, 0.4) is 0 Å². The molecule has 0 N–H and O–H groups in total. The molecule has 0 aliphatic rings. The fourth-order valence-electron chi connectivity index (χ4n) is 2.38. The van der Waals surface area contributed by atoms with Gasteiger partial charge in [-0.15, -0.1) is 0 Å². The quantitative estimate of drug-likeness (QED) is 0.601. The predicted molar refractivity (Wildman–Crippen MR) is 88.9 cm³/mol. The van der Waals surface area contributed by atoms with Crippen molar-refractivity contribution in [1.82, 2.24) is 4.57 Å². The number of nitrogens with zero attached hydrogens (tertiary/aromatic N) is 2. The van der Waals surface area contributed by atoms with Gasteiger partial charge in [0.2, 0.25) is 5.88 Å². The molecule has 4 heteroatoms. The second-order valence-corrected chi connectivity index (χ2v) is 5.76. The van der Waals surface area contributed by atoms with E-state index in [1.807, 2.05) is 30.5 Å². The Balaban J connectivity index is 1.98. The van der Waals surface area contributed by atoms with E-state index in [4.69, 9.17) is 4.42 Å². The van der Waals surface area contributed by atoms with Gasteiger partial charge in [-0.1, -0.05) is 15.9 Å². The molecule has 3 aromatic rings. The van der Waals surface area contributed by atoms with Crippen molar-refractivity contribution in [2.45, 2.75) is 13.8 Å². The lowest BCUT2D eigenvalue weighted by Gasteiger charge is -2.09. The number of aromatic nitrogens is 1. The summed E-state index contributed by atoms with van der Waals surface area (Å²) in [7, 11) is 0. The zero-order chi connectivity index (χ0) is 14.8. The highest BCUT2D eigenvalue weighted by atomic mass is 79.9. The summed E-state index contributed by atoms with van der Waals surface area (Å²) in [6.07, 6.45) is 3.47. The second kappa shape index (κ2) is 5.74. The number of furan rings is 1. The third-order valence-corrected chi connectivity index (χ3v) is 3.92. The van der Waals surface area contributed by atoms with Gasteiger partial charge < -0.3 is 8.98 Å². The molecule has 3 rings (SSSR count). The third kappa shape index (κ3) is 2.85. The SMILES string of the molecule is Cc1cc(C=Nc2ccco2)c(C)n1-c1ccc(Br)cc1. The minimum atomic E-state index is 0.614. The van der Waals surface area contributed by atoms with Crippen LogP contribution in [0.2, 0.25) is 0 Å². The average Bonchev–Trinajstić information content (AvgIpc) is 3.07. The Hall–Kier alpha value is -2.07. The summed E-state index contributed by atoms with van der Waals surface area (Å²) in [5, 5.41) is 0. The number of halogens is 1. The van der Waals surface area contributed by atoms with Crippen molar-refractivity contribution in [3.8, 4) is 5.69 Å². The van der Waals surface area contributed by atoms with E-state index in [-0.39, 0.29) is 0 Å². The summed E-state index contributed by atoms with van der Waals surface area (Å²) in [5.74, 6) is 0.614. The van der Waals surface area contributed by atoms with Gasteiger partial charge >= 0.3 is 0 Å². The van der Waals surface area contributed by atoms with Crippen LogP contribution in [-0.2, 0) is 0 Å². The van der Waals surface area contributed by atoms with E-state index in [2.05, 4.69) is 57.5 Å². The number of aliphatic imine (C=N–C) groups is 1. The summed E-state index contributed by atoms with van der Waals surface area (Å²) < 4.78 is 8.52. The monoisotopic (exact) mass is 342 g/mol. The maximum atomic E-state index is 5.22. The molecule has 0 atom stereocenters. The minimum Gasteiger partial charge on any atom is -0.447 e. The topological polar surface area (TPSA) is 30.4 Å². The number of hydrogen-bond donors (Lipinski definition) is 0. The van der Waals surface area contributed by atoms with Crippen molar-refractivity contribution >= 4 is 28.0 Å². The highest BCUT2D eigenvalue weighted by Crippen LogP contribution is 2.22. The molecule has 0 saturated heterocycles. The molecule has 0 aliphatic carbocycles. The maximum Gasteiger partial charge on any atom is 0.218 e. The normalized spacial score (nSPS) is 11.4. The molecule has 0 aliphatic heterocycles. The van der Waals surface area contributed by atoms with Crippen LogP contribution in [0.1, 0.15) is 17.0 Å². The Morgan fingerprint density at radius 1 is 1.14 bits per heavy atom. The number of hydrogen-bond acceptors (Lipinski definition) is 2. The van der Waals surface area contributed by atoms with Crippen LogP contribution in [0.25, 0.3) is 5.69 Å². The van der Waals surface area contributed by atoms with Crippen LogP contribution in [-0.4, -0.2) is 10.8 Å². The van der Waals surface area contributed by atoms with Crippen LogP contribution < -0.4 is 0 Å². The van der Waals surface area contributed by atoms with Gasteiger partial charge in [0.1, 0.15) is 0 Å². The van der Waals surface area contributed by atoms with Crippen LogP contribution in [0, 0.1) is 13.8 Å². The van der Waals surface area contributed by atoms with Gasteiger partial charge in [0.05, 0.1) is 6.26 Å². The molecule has 21 heavy (non-hydrogen) atoms. The Kier molecular flexibility index (Phi) is 3.80. The van der Waals surface area contributed by atoms with E-state index >= 15 is 0 Å². The first-order valence-corrected chi connectivity index (χ1v) is 7.47. The predicted octanol–water partition coefficient (Wildman–Crippen LogP) is 5.20. The molecule has 0 bridgehead atoms. The molecule has 1 aromatic carbocycles. The first-order chi connectivity index (χ1) is 10.1.